The lowest BCUT2D eigenvalue weighted by Crippen LogP contribution is -2.39. The molecule has 144 valence electrons. The van der Waals surface area contributed by atoms with Crippen molar-refractivity contribution >= 4 is 17.5 Å². The van der Waals surface area contributed by atoms with E-state index in [1.807, 2.05) is 67.3 Å². The van der Waals surface area contributed by atoms with Crippen molar-refractivity contribution in [3.8, 4) is 0 Å². The van der Waals surface area contributed by atoms with Gasteiger partial charge < -0.3 is 14.4 Å². The zero-order valence-electron chi connectivity index (χ0n) is 15.8. The largest absolute Gasteiger partial charge is 0.348 e. The van der Waals surface area contributed by atoms with Crippen LogP contribution >= 0.6 is 11.6 Å². The number of halogens is 1. The molecule has 1 amide bonds. The van der Waals surface area contributed by atoms with Gasteiger partial charge in [-0.1, -0.05) is 60.7 Å². The molecule has 27 heavy (non-hydrogen) atoms. The molecule has 1 saturated heterocycles. The number of carbonyl (C=O) groups excluding carboxylic acids is 1. The van der Waals surface area contributed by atoms with Crippen LogP contribution in [0.5, 0.6) is 0 Å². The van der Waals surface area contributed by atoms with Gasteiger partial charge in [0.2, 0.25) is 5.91 Å². The number of ether oxygens (including phenoxy) is 2. The molecule has 0 radical (unpaired) electrons. The van der Waals surface area contributed by atoms with E-state index in [0.717, 1.165) is 11.1 Å². The summed E-state index contributed by atoms with van der Waals surface area (Å²) in [5.41, 5.74) is 2.20. The van der Waals surface area contributed by atoms with E-state index in [0.29, 0.717) is 19.7 Å². The fourth-order valence-corrected chi connectivity index (χ4v) is 3.60. The van der Waals surface area contributed by atoms with Crippen LogP contribution < -0.4 is 0 Å². The summed E-state index contributed by atoms with van der Waals surface area (Å²) in [5, 5.41) is 0. The van der Waals surface area contributed by atoms with Crippen molar-refractivity contribution in [2.24, 2.45) is 0 Å². The third-order valence-corrected chi connectivity index (χ3v) is 5.04. The molecule has 5 heteroatoms. The van der Waals surface area contributed by atoms with Crippen LogP contribution in [-0.2, 0) is 20.8 Å². The Kier molecular flexibility index (Phi) is 6.53. The Bertz CT molecular complexity index is 736. The summed E-state index contributed by atoms with van der Waals surface area (Å²) < 4.78 is 11.9. The highest BCUT2D eigenvalue weighted by Crippen LogP contribution is 2.33. The highest BCUT2D eigenvalue weighted by atomic mass is 35.5. The smallest absolute Gasteiger partial charge is 0.237 e. The maximum Gasteiger partial charge on any atom is 0.237 e. The average molecular weight is 388 g/mol. The van der Waals surface area contributed by atoms with E-state index in [1.54, 1.807) is 0 Å². The summed E-state index contributed by atoms with van der Waals surface area (Å²) in [4.78, 5) is 14.4. The van der Waals surface area contributed by atoms with Crippen molar-refractivity contribution in [3.63, 3.8) is 0 Å². The third-order valence-electron chi connectivity index (χ3n) is 4.81. The third kappa shape index (κ3) is 5.32. The molecule has 2 atom stereocenters. The number of hydrogen-bond acceptors (Lipinski definition) is 3. The molecule has 1 aliphatic heterocycles. The van der Waals surface area contributed by atoms with E-state index < -0.39 is 5.79 Å². The number of hydrogen-bond donors (Lipinski definition) is 0. The van der Waals surface area contributed by atoms with Crippen molar-refractivity contribution < 1.29 is 14.3 Å². The molecule has 0 saturated carbocycles. The van der Waals surface area contributed by atoms with E-state index >= 15 is 0 Å². The summed E-state index contributed by atoms with van der Waals surface area (Å²) in [7, 11) is 0. The number of carbonyl (C=O) groups is 1. The second-order valence-corrected chi connectivity index (χ2v) is 7.55. The molecular weight excluding hydrogens is 362 g/mol. The summed E-state index contributed by atoms with van der Waals surface area (Å²) in [5.74, 6) is -0.733. The van der Waals surface area contributed by atoms with Gasteiger partial charge in [0.1, 0.15) is 5.88 Å². The van der Waals surface area contributed by atoms with Gasteiger partial charge in [-0.05, 0) is 25.0 Å². The lowest BCUT2D eigenvalue weighted by molar-refractivity contribution is -0.142. The molecule has 0 N–H and O–H groups in total. The minimum atomic E-state index is -0.613. The highest BCUT2D eigenvalue weighted by molar-refractivity contribution is 6.27. The average Bonchev–Trinajstić information content (AvgIpc) is 3.05. The van der Waals surface area contributed by atoms with Crippen molar-refractivity contribution in [3.05, 3.63) is 71.8 Å². The summed E-state index contributed by atoms with van der Waals surface area (Å²) >= 11 is 5.90. The predicted octanol–water partition coefficient (Wildman–Crippen LogP) is 4.19. The molecule has 0 spiro atoms. The van der Waals surface area contributed by atoms with Crippen LogP contribution in [0.15, 0.2) is 60.7 Å². The fourth-order valence-electron chi connectivity index (χ4n) is 3.43. The number of rotatable bonds is 7. The molecule has 1 aliphatic rings. The monoisotopic (exact) mass is 387 g/mol. The van der Waals surface area contributed by atoms with Gasteiger partial charge in [0.25, 0.3) is 0 Å². The van der Waals surface area contributed by atoms with Crippen LogP contribution in [0.3, 0.4) is 0 Å². The molecule has 4 nitrogen and oxygen atoms in total. The van der Waals surface area contributed by atoms with Gasteiger partial charge in [0, 0.05) is 19.0 Å². The summed E-state index contributed by atoms with van der Waals surface area (Å²) in [6.07, 6.45) is -0.121. The fraction of sp³-hybridized carbons (Fsp3) is 0.409. The Morgan fingerprint density at radius 2 is 1.78 bits per heavy atom. The first-order valence-corrected chi connectivity index (χ1v) is 9.76. The SMILES string of the molecule is CC1(C)OCC([C@@H](CN(Cc2ccccc2)C(=O)CCl)c2ccccc2)O1. The Balaban J connectivity index is 1.84. The lowest BCUT2D eigenvalue weighted by atomic mass is 9.92. The Labute approximate surface area is 166 Å². The van der Waals surface area contributed by atoms with Crippen LogP contribution in [0.2, 0.25) is 0 Å². The Morgan fingerprint density at radius 3 is 2.33 bits per heavy atom. The van der Waals surface area contributed by atoms with E-state index in [9.17, 15) is 4.79 Å². The molecular formula is C22H26ClNO3. The van der Waals surface area contributed by atoms with E-state index in [1.165, 1.54) is 0 Å². The van der Waals surface area contributed by atoms with Crippen molar-refractivity contribution in [2.75, 3.05) is 19.0 Å². The predicted molar refractivity (Wildman–Crippen MR) is 107 cm³/mol. The minimum Gasteiger partial charge on any atom is -0.348 e. The molecule has 1 heterocycles. The second-order valence-electron chi connectivity index (χ2n) is 7.28. The molecule has 2 aromatic rings. The van der Waals surface area contributed by atoms with Crippen molar-refractivity contribution in [1.82, 2.24) is 4.90 Å². The maximum atomic E-state index is 12.5. The molecule has 0 bridgehead atoms. The minimum absolute atomic E-state index is 0.00357. The zero-order valence-corrected chi connectivity index (χ0v) is 16.6. The summed E-state index contributed by atoms with van der Waals surface area (Å²) in [6, 6.07) is 20.1. The van der Waals surface area contributed by atoms with Gasteiger partial charge in [-0.2, -0.15) is 0 Å². The number of benzene rings is 2. The van der Waals surface area contributed by atoms with E-state index in [2.05, 4.69) is 12.1 Å². The van der Waals surface area contributed by atoms with Gasteiger partial charge in [-0.3, -0.25) is 4.79 Å². The van der Waals surface area contributed by atoms with Crippen LogP contribution in [0, 0.1) is 0 Å². The molecule has 1 fully saturated rings. The van der Waals surface area contributed by atoms with Gasteiger partial charge in [-0.25, -0.2) is 0 Å². The number of amides is 1. The maximum absolute atomic E-state index is 12.5. The van der Waals surface area contributed by atoms with Gasteiger partial charge in [-0.15, -0.1) is 11.6 Å². The van der Waals surface area contributed by atoms with Crippen LogP contribution in [0.4, 0.5) is 0 Å². The van der Waals surface area contributed by atoms with E-state index in [-0.39, 0.29) is 23.8 Å². The molecule has 1 unspecified atom stereocenters. The van der Waals surface area contributed by atoms with Crippen molar-refractivity contribution in [1.29, 1.82) is 0 Å². The number of nitrogens with zero attached hydrogens (tertiary/aromatic N) is 1. The molecule has 0 aromatic heterocycles. The zero-order chi connectivity index (χ0) is 19.3. The van der Waals surface area contributed by atoms with Crippen LogP contribution in [0.1, 0.15) is 30.9 Å². The first kappa shape index (κ1) is 19.9. The van der Waals surface area contributed by atoms with Gasteiger partial charge in [0.15, 0.2) is 5.79 Å². The van der Waals surface area contributed by atoms with Crippen molar-refractivity contribution in [2.45, 2.75) is 38.2 Å². The summed E-state index contributed by atoms with van der Waals surface area (Å²) in [6.45, 7) is 5.38. The molecule has 3 rings (SSSR count). The van der Waals surface area contributed by atoms with Gasteiger partial charge >= 0.3 is 0 Å². The standard InChI is InChI=1S/C22H26ClNO3/c1-22(2)26-16-20(27-22)19(18-11-7-4-8-12-18)15-24(21(25)13-23)14-17-9-5-3-6-10-17/h3-12,19-20H,13-16H2,1-2H3/t19-,20?/m0/s1. The van der Waals surface area contributed by atoms with E-state index in [4.69, 9.17) is 21.1 Å². The van der Waals surface area contributed by atoms with Crippen LogP contribution in [-0.4, -0.2) is 41.7 Å². The normalized spacial score (nSPS) is 19.6. The second kappa shape index (κ2) is 8.87. The quantitative estimate of drug-likeness (QED) is 0.668. The molecule has 0 aliphatic carbocycles. The van der Waals surface area contributed by atoms with Crippen LogP contribution in [0.25, 0.3) is 0 Å². The topological polar surface area (TPSA) is 38.8 Å². The number of alkyl halides is 1. The highest BCUT2D eigenvalue weighted by Gasteiger charge is 2.39. The lowest BCUT2D eigenvalue weighted by Gasteiger charge is -2.31. The Morgan fingerprint density at radius 1 is 1.15 bits per heavy atom. The van der Waals surface area contributed by atoms with Gasteiger partial charge in [0.05, 0.1) is 12.7 Å². The first-order valence-electron chi connectivity index (χ1n) is 9.23. The Hall–Kier alpha value is -1.88. The first-order chi connectivity index (χ1) is 13.0. The molecule has 2 aromatic carbocycles.